The van der Waals surface area contributed by atoms with Crippen LogP contribution in [-0.2, 0) is 11.3 Å². The second-order valence-electron chi connectivity index (χ2n) is 7.60. The summed E-state index contributed by atoms with van der Waals surface area (Å²) in [7, 11) is 1.81. The maximum absolute atomic E-state index is 5.78. The average Bonchev–Trinajstić information content (AvgIpc) is 2.96. The van der Waals surface area contributed by atoms with Crippen LogP contribution >= 0.6 is 24.0 Å². The van der Waals surface area contributed by atoms with Crippen LogP contribution in [0.4, 0.5) is 0 Å². The molecular weight excluding hydrogens is 483 g/mol. The van der Waals surface area contributed by atoms with Crippen molar-refractivity contribution in [2.45, 2.75) is 32.9 Å². The van der Waals surface area contributed by atoms with Gasteiger partial charge < -0.3 is 24.8 Å². The van der Waals surface area contributed by atoms with Gasteiger partial charge in [0.1, 0.15) is 0 Å². The number of ether oxygens (including phenoxy) is 3. The van der Waals surface area contributed by atoms with E-state index in [1.807, 2.05) is 19.2 Å². The van der Waals surface area contributed by atoms with Gasteiger partial charge in [-0.3, -0.25) is 9.89 Å². The Bertz CT molecular complexity index is 651. The summed E-state index contributed by atoms with van der Waals surface area (Å²) < 4.78 is 17.0. The maximum Gasteiger partial charge on any atom is 0.191 e. The lowest BCUT2D eigenvalue weighted by Gasteiger charge is -2.37. The molecule has 1 aromatic rings. The molecule has 2 aliphatic rings. The van der Waals surface area contributed by atoms with Gasteiger partial charge in [0.15, 0.2) is 17.5 Å². The van der Waals surface area contributed by atoms with Crippen LogP contribution in [0.15, 0.2) is 23.2 Å². The number of fused-ring (bicyclic) bond motifs is 1. The smallest absolute Gasteiger partial charge is 0.191 e. The highest BCUT2D eigenvalue weighted by molar-refractivity contribution is 14.0. The SMILES string of the molecule is CN=C(NCc1ccc2c(c1)OCCCO2)NCC(C(C)C)N1CCOCC1.I. The minimum Gasteiger partial charge on any atom is -0.490 e. The average molecular weight is 518 g/mol. The van der Waals surface area contributed by atoms with E-state index in [9.17, 15) is 0 Å². The summed E-state index contributed by atoms with van der Waals surface area (Å²) in [4.78, 5) is 6.89. The fourth-order valence-corrected chi connectivity index (χ4v) is 3.62. The molecule has 0 bridgehead atoms. The van der Waals surface area contributed by atoms with Crippen LogP contribution < -0.4 is 20.1 Å². The Morgan fingerprint density at radius 1 is 1.07 bits per heavy atom. The molecule has 2 heterocycles. The zero-order valence-electron chi connectivity index (χ0n) is 17.8. The molecule has 1 fully saturated rings. The number of rotatable bonds is 6. The number of halogens is 1. The Labute approximate surface area is 191 Å². The topological polar surface area (TPSA) is 67.4 Å². The van der Waals surface area contributed by atoms with Crippen molar-refractivity contribution in [3.8, 4) is 11.5 Å². The molecular formula is C21H35IN4O3. The number of hydrogen-bond donors (Lipinski definition) is 2. The molecule has 0 aliphatic carbocycles. The number of guanidine groups is 1. The Kier molecular flexibility index (Phi) is 10.3. The van der Waals surface area contributed by atoms with Crippen LogP contribution in [0.25, 0.3) is 0 Å². The molecule has 0 radical (unpaired) electrons. The van der Waals surface area contributed by atoms with Crippen LogP contribution in [0.1, 0.15) is 25.8 Å². The zero-order valence-corrected chi connectivity index (χ0v) is 20.1. The summed E-state index contributed by atoms with van der Waals surface area (Å²) >= 11 is 0. The van der Waals surface area contributed by atoms with E-state index in [1.54, 1.807) is 0 Å². The number of hydrogen-bond acceptors (Lipinski definition) is 5. The fraction of sp³-hybridized carbons (Fsp3) is 0.667. The minimum atomic E-state index is 0. The minimum absolute atomic E-state index is 0. The number of nitrogens with zero attached hydrogens (tertiary/aromatic N) is 2. The standard InChI is InChI=1S/C21H34N4O3.HI/c1-16(2)18(25-7-11-26-12-8-25)15-24-21(22-3)23-14-17-5-6-19-20(13-17)28-10-4-9-27-19;/h5-6,13,16,18H,4,7-12,14-15H2,1-3H3,(H2,22,23,24);1H. The number of nitrogens with one attached hydrogen (secondary N) is 2. The molecule has 1 saturated heterocycles. The molecule has 29 heavy (non-hydrogen) atoms. The predicted octanol–water partition coefficient (Wildman–Crippen LogP) is 2.49. The first-order valence-corrected chi connectivity index (χ1v) is 10.3. The van der Waals surface area contributed by atoms with Crippen LogP contribution in [0.2, 0.25) is 0 Å². The van der Waals surface area contributed by atoms with E-state index in [2.05, 4.69) is 40.4 Å². The van der Waals surface area contributed by atoms with E-state index in [1.165, 1.54) is 0 Å². The highest BCUT2D eigenvalue weighted by Gasteiger charge is 2.23. The molecule has 164 valence electrons. The Hall–Kier alpha value is -1.26. The third-order valence-corrected chi connectivity index (χ3v) is 5.26. The number of morpholine rings is 1. The highest BCUT2D eigenvalue weighted by Crippen LogP contribution is 2.30. The lowest BCUT2D eigenvalue weighted by atomic mass is 10.0. The normalized spacial score (nSPS) is 18.6. The lowest BCUT2D eigenvalue weighted by Crippen LogP contribution is -2.52. The third-order valence-electron chi connectivity index (χ3n) is 5.26. The van der Waals surface area contributed by atoms with Gasteiger partial charge in [-0.05, 0) is 23.6 Å². The van der Waals surface area contributed by atoms with Crippen molar-refractivity contribution >= 4 is 29.9 Å². The first-order chi connectivity index (χ1) is 13.7. The number of aliphatic imine (C=N–C) groups is 1. The Balaban J connectivity index is 0.00000300. The third kappa shape index (κ3) is 7.18. The summed E-state index contributed by atoms with van der Waals surface area (Å²) in [6, 6.07) is 6.56. The summed E-state index contributed by atoms with van der Waals surface area (Å²) in [5.41, 5.74) is 1.14. The molecule has 0 spiro atoms. The van der Waals surface area contributed by atoms with Crippen LogP contribution in [-0.4, -0.2) is 70.0 Å². The van der Waals surface area contributed by atoms with Crippen molar-refractivity contribution in [2.75, 3.05) is 53.1 Å². The molecule has 1 atom stereocenters. The van der Waals surface area contributed by atoms with Crippen LogP contribution in [0.3, 0.4) is 0 Å². The Morgan fingerprint density at radius 3 is 2.48 bits per heavy atom. The van der Waals surface area contributed by atoms with Gasteiger partial charge in [-0.15, -0.1) is 24.0 Å². The largest absolute Gasteiger partial charge is 0.490 e. The number of benzene rings is 1. The summed E-state index contributed by atoms with van der Waals surface area (Å²) in [5, 5.41) is 6.90. The van der Waals surface area contributed by atoms with E-state index < -0.39 is 0 Å². The Morgan fingerprint density at radius 2 is 1.79 bits per heavy atom. The molecule has 1 aromatic carbocycles. The first-order valence-electron chi connectivity index (χ1n) is 10.3. The zero-order chi connectivity index (χ0) is 19.8. The van der Waals surface area contributed by atoms with Crippen LogP contribution in [0, 0.1) is 5.92 Å². The van der Waals surface area contributed by atoms with Crippen molar-refractivity contribution in [3.05, 3.63) is 23.8 Å². The van der Waals surface area contributed by atoms with Gasteiger partial charge >= 0.3 is 0 Å². The fourth-order valence-electron chi connectivity index (χ4n) is 3.62. The second kappa shape index (κ2) is 12.4. The van der Waals surface area contributed by atoms with Gasteiger partial charge in [-0.25, -0.2) is 0 Å². The molecule has 0 aromatic heterocycles. The summed E-state index contributed by atoms with van der Waals surface area (Å²) in [5.74, 6) is 3.03. The molecule has 3 rings (SSSR count). The molecule has 2 aliphatic heterocycles. The van der Waals surface area contributed by atoms with Crippen LogP contribution in [0.5, 0.6) is 11.5 Å². The van der Waals surface area contributed by atoms with Gasteiger partial charge in [0.25, 0.3) is 0 Å². The monoisotopic (exact) mass is 518 g/mol. The molecule has 8 heteroatoms. The van der Waals surface area contributed by atoms with Gasteiger partial charge in [-0.1, -0.05) is 19.9 Å². The molecule has 7 nitrogen and oxygen atoms in total. The summed E-state index contributed by atoms with van der Waals surface area (Å²) in [6.45, 7) is 11.1. The highest BCUT2D eigenvalue weighted by atomic mass is 127. The van der Waals surface area contributed by atoms with E-state index >= 15 is 0 Å². The molecule has 0 saturated carbocycles. The quantitative estimate of drug-likeness (QED) is 0.343. The maximum atomic E-state index is 5.78. The van der Waals surface area contributed by atoms with Gasteiger partial charge in [0, 0.05) is 45.7 Å². The molecule has 0 amide bonds. The van der Waals surface area contributed by atoms with Crippen molar-refractivity contribution < 1.29 is 14.2 Å². The van der Waals surface area contributed by atoms with Crippen molar-refractivity contribution in [1.82, 2.24) is 15.5 Å². The van der Waals surface area contributed by atoms with E-state index in [0.717, 1.165) is 62.3 Å². The van der Waals surface area contributed by atoms with Crippen molar-refractivity contribution in [3.63, 3.8) is 0 Å². The summed E-state index contributed by atoms with van der Waals surface area (Å²) in [6.07, 6.45) is 0.916. The lowest BCUT2D eigenvalue weighted by molar-refractivity contribution is 0.00752. The van der Waals surface area contributed by atoms with Gasteiger partial charge in [0.05, 0.1) is 26.4 Å². The molecule has 1 unspecified atom stereocenters. The first kappa shape index (κ1) is 24.0. The van der Waals surface area contributed by atoms with E-state index in [0.29, 0.717) is 31.7 Å². The second-order valence-corrected chi connectivity index (χ2v) is 7.60. The van der Waals surface area contributed by atoms with Gasteiger partial charge in [-0.2, -0.15) is 0 Å². The predicted molar refractivity (Wildman–Crippen MR) is 127 cm³/mol. The van der Waals surface area contributed by atoms with E-state index in [4.69, 9.17) is 14.2 Å². The molecule has 2 N–H and O–H groups in total. The van der Waals surface area contributed by atoms with Gasteiger partial charge in [0.2, 0.25) is 0 Å². The van der Waals surface area contributed by atoms with Crippen molar-refractivity contribution in [1.29, 1.82) is 0 Å². The van der Waals surface area contributed by atoms with E-state index in [-0.39, 0.29) is 24.0 Å². The van der Waals surface area contributed by atoms with Crippen molar-refractivity contribution in [2.24, 2.45) is 10.9 Å².